The first-order chi connectivity index (χ1) is 11.6. The number of hydrogen-bond acceptors (Lipinski definition) is 3. The first-order valence-corrected chi connectivity index (χ1v) is 9.02. The van der Waals surface area contributed by atoms with E-state index in [0.29, 0.717) is 6.61 Å². The summed E-state index contributed by atoms with van der Waals surface area (Å²) in [5.41, 5.74) is 4.75. The molecule has 1 aromatic heterocycles. The fourth-order valence-corrected chi connectivity index (χ4v) is 3.94. The fourth-order valence-electron chi connectivity index (χ4n) is 3.94. The Morgan fingerprint density at radius 3 is 2.71 bits per heavy atom. The van der Waals surface area contributed by atoms with Crippen LogP contribution in [-0.2, 0) is 6.54 Å². The van der Waals surface area contributed by atoms with Gasteiger partial charge in [-0.2, -0.15) is 5.10 Å². The van der Waals surface area contributed by atoms with E-state index < -0.39 is 0 Å². The van der Waals surface area contributed by atoms with Crippen LogP contribution >= 0.6 is 0 Å². The highest BCUT2D eigenvalue weighted by Gasteiger charge is 2.33. The number of nitrogens with zero attached hydrogens (tertiary/aromatic N) is 3. The molecule has 1 aliphatic rings. The highest BCUT2D eigenvalue weighted by atomic mass is 16.3. The van der Waals surface area contributed by atoms with E-state index in [9.17, 15) is 5.11 Å². The third-order valence-electron chi connectivity index (χ3n) is 5.45. The zero-order chi connectivity index (χ0) is 17.2. The van der Waals surface area contributed by atoms with E-state index in [1.165, 1.54) is 11.3 Å². The van der Waals surface area contributed by atoms with Crippen LogP contribution in [-0.4, -0.2) is 39.5 Å². The lowest BCUT2D eigenvalue weighted by molar-refractivity contribution is 0.0258. The van der Waals surface area contributed by atoms with Crippen molar-refractivity contribution >= 4 is 0 Å². The molecular formula is C20H29N3O. The molecule has 24 heavy (non-hydrogen) atoms. The lowest BCUT2D eigenvalue weighted by Gasteiger charge is -2.41. The third-order valence-corrected chi connectivity index (χ3v) is 5.45. The summed E-state index contributed by atoms with van der Waals surface area (Å²) >= 11 is 0. The third kappa shape index (κ3) is 3.40. The van der Waals surface area contributed by atoms with E-state index in [-0.39, 0.29) is 5.41 Å². The predicted octanol–water partition coefficient (Wildman–Crippen LogP) is 3.47. The smallest absolute Gasteiger partial charge is 0.0693 e. The summed E-state index contributed by atoms with van der Waals surface area (Å²) in [4.78, 5) is 2.49. The fraction of sp³-hybridized carbons (Fsp3) is 0.550. The minimum Gasteiger partial charge on any atom is -0.396 e. The zero-order valence-electron chi connectivity index (χ0n) is 15.1. The van der Waals surface area contributed by atoms with Crippen LogP contribution in [0.25, 0.3) is 5.69 Å². The van der Waals surface area contributed by atoms with Crippen molar-refractivity contribution in [3.05, 3.63) is 47.3 Å². The highest BCUT2D eigenvalue weighted by molar-refractivity contribution is 5.42. The zero-order valence-corrected chi connectivity index (χ0v) is 15.1. The van der Waals surface area contributed by atoms with Gasteiger partial charge >= 0.3 is 0 Å². The van der Waals surface area contributed by atoms with E-state index in [4.69, 9.17) is 0 Å². The Kier molecular flexibility index (Phi) is 5.07. The topological polar surface area (TPSA) is 41.3 Å². The van der Waals surface area contributed by atoms with E-state index in [0.717, 1.165) is 50.3 Å². The van der Waals surface area contributed by atoms with Crippen LogP contribution in [0.4, 0.5) is 0 Å². The van der Waals surface area contributed by atoms with Gasteiger partial charge in [-0.05, 0) is 57.4 Å². The minimum atomic E-state index is 0.0748. The van der Waals surface area contributed by atoms with E-state index in [1.807, 2.05) is 11.6 Å². The molecule has 0 saturated carbocycles. The van der Waals surface area contributed by atoms with Gasteiger partial charge in [-0.15, -0.1) is 0 Å². The lowest BCUT2D eigenvalue weighted by atomic mass is 9.78. The number of aryl methyl sites for hydroxylation is 2. The minimum absolute atomic E-state index is 0.0748. The molecule has 1 aromatic carbocycles. The van der Waals surface area contributed by atoms with Crippen molar-refractivity contribution in [3.8, 4) is 5.69 Å². The van der Waals surface area contributed by atoms with Gasteiger partial charge in [0.2, 0.25) is 0 Å². The molecule has 0 aliphatic carbocycles. The molecule has 0 spiro atoms. The molecule has 1 aliphatic heterocycles. The van der Waals surface area contributed by atoms with Gasteiger partial charge in [0.25, 0.3) is 0 Å². The van der Waals surface area contributed by atoms with Gasteiger partial charge in [-0.25, -0.2) is 4.68 Å². The number of rotatable bonds is 5. The Balaban J connectivity index is 1.85. The van der Waals surface area contributed by atoms with Crippen molar-refractivity contribution in [2.75, 3.05) is 19.7 Å². The standard InChI is InChI=1S/C20H29N3O/c1-4-20(15-24)10-7-11-22(14-20)13-18-8-5-6-9-19(18)23-17(3)12-16(2)21-23/h5-6,8-9,12,24H,4,7,10-11,13-15H2,1-3H3/t20-/m1/s1. The second-order valence-corrected chi connectivity index (χ2v) is 7.29. The van der Waals surface area contributed by atoms with Crippen LogP contribution in [0.1, 0.15) is 43.1 Å². The monoisotopic (exact) mass is 327 g/mol. The SMILES string of the molecule is CC[C@@]1(CO)CCCN(Cc2ccccc2-n2nc(C)cc2C)C1. The Morgan fingerprint density at radius 1 is 1.25 bits per heavy atom. The van der Waals surface area contributed by atoms with Gasteiger partial charge < -0.3 is 5.11 Å². The summed E-state index contributed by atoms with van der Waals surface area (Å²) < 4.78 is 2.05. The maximum Gasteiger partial charge on any atom is 0.0693 e. The maximum absolute atomic E-state index is 9.86. The molecular weight excluding hydrogens is 298 g/mol. The molecule has 2 heterocycles. The van der Waals surface area contributed by atoms with Crippen LogP contribution in [0.5, 0.6) is 0 Å². The van der Waals surface area contributed by atoms with Crippen molar-refractivity contribution < 1.29 is 5.11 Å². The van der Waals surface area contributed by atoms with Gasteiger partial charge in [-0.3, -0.25) is 4.90 Å². The number of aromatic nitrogens is 2. The summed E-state index contributed by atoms with van der Waals surface area (Å²) in [7, 11) is 0. The molecule has 1 saturated heterocycles. The molecule has 0 amide bonds. The van der Waals surface area contributed by atoms with Crippen LogP contribution in [0.3, 0.4) is 0 Å². The molecule has 2 aromatic rings. The summed E-state index contributed by atoms with van der Waals surface area (Å²) in [6, 6.07) is 10.7. The molecule has 130 valence electrons. The Hall–Kier alpha value is -1.65. The summed E-state index contributed by atoms with van der Waals surface area (Å²) in [5.74, 6) is 0. The van der Waals surface area contributed by atoms with E-state index in [2.05, 4.69) is 54.2 Å². The first-order valence-electron chi connectivity index (χ1n) is 9.02. The van der Waals surface area contributed by atoms with Crippen LogP contribution in [0, 0.1) is 19.3 Å². The molecule has 1 N–H and O–H groups in total. The second kappa shape index (κ2) is 7.08. The number of benzene rings is 1. The molecule has 0 bridgehead atoms. The number of hydrogen-bond donors (Lipinski definition) is 1. The number of aliphatic hydroxyl groups excluding tert-OH is 1. The quantitative estimate of drug-likeness (QED) is 0.914. The normalized spacial score (nSPS) is 22.0. The van der Waals surface area contributed by atoms with Gasteiger partial charge in [0.1, 0.15) is 0 Å². The Labute approximate surface area is 145 Å². The van der Waals surface area contributed by atoms with E-state index in [1.54, 1.807) is 0 Å². The van der Waals surface area contributed by atoms with Crippen molar-refractivity contribution in [2.24, 2.45) is 5.41 Å². The largest absolute Gasteiger partial charge is 0.396 e. The van der Waals surface area contributed by atoms with Crippen LogP contribution < -0.4 is 0 Å². The second-order valence-electron chi connectivity index (χ2n) is 7.29. The molecule has 0 unspecified atom stereocenters. The Bertz CT molecular complexity index is 688. The number of piperidine rings is 1. The van der Waals surface area contributed by atoms with Crippen molar-refractivity contribution in [2.45, 2.75) is 46.6 Å². The summed E-state index contributed by atoms with van der Waals surface area (Å²) in [5, 5.41) is 14.5. The van der Waals surface area contributed by atoms with Crippen LogP contribution in [0.2, 0.25) is 0 Å². The maximum atomic E-state index is 9.86. The van der Waals surface area contributed by atoms with E-state index >= 15 is 0 Å². The lowest BCUT2D eigenvalue weighted by Crippen LogP contribution is -2.44. The van der Waals surface area contributed by atoms with Gasteiger partial charge in [0, 0.05) is 30.8 Å². The number of likely N-dealkylation sites (tertiary alicyclic amines) is 1. The van der Waals surface area contributed by atoms with Gasteiger partial charge in [-0.1, -0.05) is 25.1 Å². The highest BCUT2D eigenvalue weighted by Crippen LogP contribution is 2.33. The van der Waals surface area contributed by atoms with Crippen LogP contribution in [0.15, 0.2) is 30.3 Å². The molecule has 4 heteroatoms. The van der Waals surface area contributed by atoms with Crippen molar-refractivity contribution in [1.29, 1.82) is 0 Å². The van der Waals surface area contributed by atoms with Crippen molar-refractivity contribution in [3.63, 3.8) is 0 Å². The molecule has 1 atom stereocenters. The van der Waals surface area contributed by atoms with Gasteiger partial charge in [0.05, 0.1) is 11.4 Å². The summed E-state index contributed by atoms with van der Waals surface area (Å²) in [6.45, 7) is 9.62. The predicted molar refractivity (Wildman–Crippen MR) is 97.4 cm³/mol. The molecule has 1 fully saturated rings. The Morgan fingerprint density at radius 2 is 2.04 bits per heavy atom. The molecule has 0 radical (unpaired) electrons. The molecule has 3 rings (SSSR count). The average Bonchev–Trinajstić information content (AvgIpc) is 2.93. The average molecular weight is 327 g/mol. The first kappa shape index (κ1) is 17.2. The number of para-hydroxylation sites is 1. The number of aliphatic hydroxyl groups is 1. The van der Waals surface area contributed by atoms with Gasteiger partial charge in [0.15, 0.2) is 0 Å². The molecule has 4 nitrogen and oxygen atoms in total. The summed E-state index contributed by atoms with van der Waals surface area (Å²) in [6.07, 6.45) is 3.34. The van der Waals surface area contributed by atoms with Crippen molar-refractivity contribution in [1.82, 2.24) is 14.7 Å².